The summed E-state index contributed by atoms with van der Waals surface area (Å²) in [6, 6.07) is 12.2. The van der Waals surface area contributed by atoms with Crippen LogP contribution in [0.15, 0.2) is 48.8 Å². The predicted octanol–water partition coefficient (Wildman–Crippen LogP) is 3.22. The van der Waals surface area contributed by atoms with Gasteiger partial charge in [-0.1, -0.05) is 30.3 Å². The lowest BCUT2D eigenvalue weighted by molar-refractivity contribution is -0.00270. The first-order valence-electron chi connectivity index (χ1n) is 7.57. The van der Waals surface area contributed by atoms with Gasteiger partial charge in [0.15, 0.2) is 5.60 Å². The van der Waals surface area contributed by atoms with Crippen molar-refractivity contribution in [3.63, 3.8) is 0 Å². The largest absolute Gasteiger partial charge is 0.435 e. The minimum absolute atomic E-state index is 0.247. The van der Waals surface area contributed by atoms with Crippen molar-refractivity contribution in [1.82, 2.24) is 9.88 Å². The first kappa shape index (κ1) is 13.3. The lowest BCUT2D eigenvalue weighted by Gasteiger charge is -2.46. The van der Waals surface area contributed by atoms with Gasteiger partial charge in [0.25, 0.3) is 0 Å². The normalized spacial score (nSPS) is 29.7. The molecule has 2 aliphatic heterocycles. The Kier molecular flexibility index (Phi) is 2.61. The third kappa shape index (κ3) is 1.47. The maximum absolute atomic E-state index is 12.5. The molecule has 2 aliphatic rings. The highest BCUT2D eigenvalue weighted by Gasteiger charge is 2.63. The fourth-order valence-corrected chi connectivity index (χ4v) is 3.92. The van der Waals surface area contributed by atoms with Crippen LogP contribution in [0.4, 0.5) is 4.79 Å². The van der Waals surface area contributed by atoms with Gasteiger partial charge in [0.1, 0.15) is 5.54 Å². The summed E-state index contributed by atoms with van der Waals surface area (Å²) in [5, 5.41) is 0. The standard InChI is InChI=1S/C18H18N2O2/c1-17-15-8-4-3-6-13(15)9-11-20(17)16(21)22-18(17,2)14-7-5-10-19-12-14/h3-8,10,12H,9,11H2,1-2H3. The van der Waals surface area contributed by atoms with Crippen molar-refractivity contribution in [2.45, 2.75) is 31.4 Å². The van der Waals surface area contributed by atoms with Crippen LogP contribution in [0.3, 0.4) is 0 Å². The first-order chi connectivity index (χ1) is 10.6. The molecule has 1 aromatic heterocycles. The van der Waals surface area contributed by atoms with Gasteiger partial charge in [-0.15, -0.1) is 0 Å². The van der Waals surface area contributed by atoms with Crippen LogP contribution in [0, 0.1) is 0 Å². The fraction of sp³-hybridized carbons (Fsp3) is 0.333. The van der Waals surface area contributed by atoms with Crippen molar-refractivity contribution in [2.75, 3.05) is 6.54 Å². The number of hydrogen-bond donors (Lipinski definition) is 0. The zero-order chi connectivity index (χ0) is 15.4. The second-order valence-electron chi connectivity index (χ2n) is 6.27. The van der Waals surface area contributed by atoms with Gasteiger partial charge in [0, 0.05) is 24.5 Å². The number of hydrogen-bond acceptors (Lipinski definition) is 3. The Labute approximate surface area is 129 Å². The second kappa shape index (κ2) is 4.32. The van der Waals surface area contributed by atoms with E-state index in [1.807, 2.05) is 30.0 Å². The van der Waals surface area contributed by atoms with E-state index in [-0.39, 0.29) is 6.09 Å². The number of carbonyl (C=O) groups is 1. The molecular formula is C18H18N2O2. The van der Waals surface area contributed by atoms with Gasteiger partial charge < -0.3 is 4.74 Å². The van der Waals surface area contributed by atoms with Gasteiger partial charge in [-0.05, 0) is 37.5 Å². The van der Waals surface area contributed by atoms with E-state index in [0.717, 1.165) is 12.0 Å². The number of rotatable bonds is 1. The Morgan fingerprint density at radius 1 is 1.18 bits per heavy atom. The lowest BCUT2D eigenvalue weighted by atomic mass is 9.70. The van der Waals surface area contributed by atoms with Crippen molar-refractivity contribution >= 4 is 6.09 Å². The molecule has 0 N–H and O–H groups in total. The number of ether oxygens (including phenoxy) is 1. The molecule has 4 nitrogen and oxygen atoms in total. The van der Waals surface area contributed by atoms with Crippen molar-refractivity contribution in [1.29, 1.82) is 0 Å². The zero-order valence-corrected chi connectivity index (χ0v) is 12.7. The topological polar surface area (TPSA) is 42.4 Å². The Bertz CT molecular complexity index is 746. The lowest BCUT2D eigenvalue weighted by Crippen LogP contribution is -2.54. The molecule has 0 saturated carbocycles. The third-order valence-corrected chi connectivity index (χ3v) is 5.34. The van der Waals surface area contributed by atoms with E-state index in [1.165, 1.54) is 11.1 Å². The number of nitrogens with zero attached hydrogens (tertiary/aromatic N) is 2. The highest BCUT2D eigenvalue weighted by atomic mass is 16.6. The molecule has 1 amide bonds. The number of carbonyl (C=O) groups excluding carboxylic acids is 1. The molecule has 0 spiro atoms. The van der Waals surface area contributed by atoms with Crippen LogP contribution in [-0.2, 0) is 22.3 Å². The van der Waals surface area contributed by atoms with Gasteiger partial charge in [0.05, 0.1) is 0 Å². The maximum Gasteiger partial charge on any atom is 0.411 e. The molecule has 4 heteroatoms. The summed E-state index contributed by atoms with van der Waals surface area (Å²) < 4.78 is 5.89. The molecule has 0 radical (unpaired) electrons. The Morgan fingerprint density at radius 2 is 2.00 bits per heavy atom. The molecule has 2 unspecified atom stereocenters. The van der Waals surface area contributed by atoms with E-state index < -0.39 is 11.1 Å². The van der Waals surface area contributed by atoms with E-state index in [4.69, 9.17) is 4.74 Å². The number of fused-ring (bicyclic) bond motifs is 3. The van der Waals surface area contributed by atoms with Crippen LogP contribution in [0.1, 0.15) is 30.5 Å². The van der Waals surface area contributed by atoms with Crippen molar-refractivity contribution in [3.8, 4) is 0 Å². The smallest absolute Gasteiger partial charge is 0.411 e. The summed E-state index contributed by atoms with van der Waals surface area (Å²) in [7, 11) is 0. The summed E-state index contributed by atoms with van der Waals surface area (Å²) in [4.78, 5) is 18.6. The molecule has 0 aliphatic carbocycles. The van der Waals surface area contributed by atoms with Crippen LogP contribution in [0.5, 0.6) is 0 Å². The average molecular weight is 294 g/mol. The van der Waals surface area contributed by atoms with Crippen LogP contribution in [-0.4, -0.2) is 22.5 Å². The van der Waals surface area contributed by atoms with Gasteiger partial charge >= 0.3 is 6.09 Å². The molecule has 112 valence electrons. The van der Waals surface area contributed by atoms with E-state index in [0.29, 0.717) is 6.54 Å². The van der Waals surface area contributed by atoms with Crippen molar-refractivity contribution < 1.29 is 9.53 Å². The monoisotopic (exact) mass is 294 g/mol. The molecule has 22 heavy (non-hydrogen) atoms. The summed E-state index contributed by atoms with van der Waals surface area (Å²) in [6.45, 7) is 4.77. The molecule has 1 saturated heterocycles. The van der Waals surface area contributed by atoms with E-state index in [1.54, 1.807) is 12.4 Å². The third-order valence-electron chi connectivity index (χ3n) is 5.34. The zero-order valence-electron chi connectivity index (χ0n) is 12.7. The molecule has 4 rings (SSSR count). The minimum atomic E-state index is -0.755. The maximum atomic E-state index is 12.5. The SMILES string of the molecule is CC1(c2cccnc2)OC(=O)N2CCc3ccccc3C21C. The van der Waals surface area contributed by atoms with Gasteiger partial charge in [0.2, 0.25) is 0 Å². The predicted molar refractivity (Wildman–Crippen MR) is 82.3 cm³/mol. The summed E-state index contributed by atoms with van der Waals surface area (Å²) in [5.74, 6) is 0. The highest BCUT2D eigenvalue weighted by molar-refractivity contribution is 5.75. The van der Waals surface area contributed by atoms with Gasteiger partial charge in [-0.3, -0.25) is 9.88 Å². The summed E-state index contributed by atoms with van der Waals surface area (Å²) >= 11 is 0. The fourth-order valence-electron chi connectivity index (χ4n) is 3.92. The highest BCUT2D eigenvalue weighted by Crippen LogP contribution is 2.54. The van der Waals surface area contributed by atoms with Crippen LogP contribution < -0.4 is 0 Å². The first-order valence-corrected chi connectivity index (χ1v) is 7.57. The van der Waals surface area contributed by atoms with E-state index in [9.17, 15) is 4.79 Å². The van der Waals surface area contributed by atoms with Crippen LogP contribution in [0.2, 0.25) is 0 Å². The average Bonchev–Trinajstić information content (AvgIpc) is 2.76. The van der Waals surface area contributed by atoms with E-state index in [2.05, 4.69) is 30.1 Å². The number of pyridine rings is 1. The molecule has 1 aromatic carbocycles. The molecule has 0 bridgehead atoms. The number of amides is 1. The Balaban J connectivity index is 1.98. The van der Waals surface area contributed by atoms with Crippen LogP contribution >= 0.6 is 0 Å². The Hall–Kier alpha value is -2.36. The molecular weight excluding hydrogens is 276 g/mol. The molecule has 3 heterocycles. The summed E-state index contributed by atoms with van der Waals surface area (Å²) in [6.07, 6.45) is 4.14. The van der Waals surface area contributed by atoms with E-state index >= 15 is 0 Å². The van der Waals surface area contributed by atoms with Gasteiger partial charge in [-0.25, -0.2) is 4.79 Å². The minimum Gasteiger partial charge on any atom is -0.435 e. The second-order valence-corrected chi connectivity index (χ2v) is 6.27. The molecule has 2 atom stereocenters. The van der Waals surface area contributed by atoms with Crippen molar-refractivity contribution in [3.05, 3.63) is 65.5 Å². The Morgan fingerprint density at radius 3 is 2.77 bits per heavy atom. The van der Waals surface area contributed by atoms with Crippen LogP contribution in [0.25, 0.3) is 0 Å². The number of aromatic nitrogens is 1. The number of benzene rings is 1. The molecule has 1 fully saturated rings. The van der Waals surface area contributed by atoms with Crippen molar-refractivity contribution in [2.24, 2.45) is 0 Å². The van der Waals surface area contributed by atoms with Gasteiger partial charge in [-0.2, -0.15) is 0 Å². The summed E-state index contributed by atoms with van der Waals surface area (Å²) in [5.41, 5.74) is 2.09. The molecule has 2 aromatic rings. The quantitative estimate of drug-likeness (QED) is 0.811. The number of cyclic esters (lactones) is 1.